The van der Waals surface area contributed by atoms with Crippen LogP contribution < -0.4 is 0 Å². The van der Waals surface area contributed by atoms with Crippen LogP contribution in [0.1, 0.15) is 60.1 Å². The van der Waals surface area contributed by atoms with Gasteiger partial charge in [0.1, 0.15) is 11.6 Å². The molecule has 0 aliphatic carbocycles. The van der Waals surface area contributed by atoms with E-state index in [2.05, 4.69) is 143 Å². The molecule has 0 radical (unpaired) electrons. The smallest absolute Gasteiger partial charge is 0.148 e. The molecular formula is C45H44N3OPt-. The Morgan fingerprint density at radius 2 is 1.30 bits per heavy atom. The second kappa shape index (κ2) is 14.2. The summed E-state index contributed by atoms with van der Waals surface area (Å²) < 4.78 is 2.17. The van der Waals surface area contributed by atoms with Crippen LogP contribution in [0.15, 0.2) is 128 Å². The molecule has 1 N–H and O–H groups in total. The van der Waals surface area contributed by atoms with Gasteiger partial charge in [0.05, 0.1) is 16.6 Å². The summed E-state index contributed by atoms with van der Waals surface area (Å²) in [7, 11) is 0. The van der Waals surface area contributed by atoms with Crippen LogP contribution in [0.4, 0.5) is 0 Å². The molecule has 50 heavy (non-hydrogen) atoms. The van der Waals surface area contributed by atoms with E-state index >= 15 is 0 Å². The first-order valence-corrected chi connectivity index (χ1v) is 16.5. The standard InChI is InChI=1S/C44H40N3O.CH4.Pt/c1-43(2,3)33-27-36(41(48)37(28-33)44(4,5)6)42-46-40-35(21-14-22-39(40)47(42)34-19-11-8-12-20-34)31-17-13-18-32(25-31)38-26-30(23-24-45-38)29-15-9-7-10-16-29;;/h7-24,26-28,48H,1-6H3;1H4;/q-1;;. The van der Waals surface area contributed by atoms with Crippen LogP contribution in [-0.2, 0) is 31.9 Å². The fourth-order valence-corrected chi connectivity index (χ4v) is 6.31. The molecule has 256 valence electrons. The molecule has 0 saturated carbocycles. The van der Waals surface area contributed by atoms with Crippen molar-refractivity contribution in [2.45, 2.75) is 59.8 Å². The number of aromatic nitrogens is 3. The van der Waals surface area contributed by atoms with Crippen molar-refractivity contribution in [1.82, 2.24) is 14.5 Å². The summed E-state index contributed by atoms with van der Waals surface area (Å²) in [6.45, 7) is 13.1. The van der Waals surface area contributed by atoms with Gasteiger partial charge in [0, 0.05) is 44.2 Å². The normalized spacial score (nSPS) is 11.6. The fraction of sp³-hybridized carbons (Fsp3) is 0.200. The topological polar surface area (TPSA) is 50.9 Å². The quantitative estimate of drug-likeness (QED) is 0.176. The van der Waals surface area contributed by atoms with Crippen molar-refractivity contribution < 1.29 is 26.2 Å². The van der Waals surface area contributed by atoms with Crippen LogP contribution in [0.2, 0.25) is 0 Å². The van der Waals surface area contributed by atoms with Crippen LogP contribution in [0.5, 0.6) is 5.75 Å². The molecule has 7 aromatic rings. The number of hydrogen-bond acceptors (Lipinski definition) is 3. The van der Waals surface area contributed by atoms with Crippen molar-refractivity contribution >= 4 is 11.0 Å². The Hall–Kier alpha value is -4.79. The van der Waals surface area contributed by atoms with Gasteiger partial charge in [0.2, 0.25) is 0 Å². The average Bonchev–Trinajstić information content (AvgIpc) is 3.48. The molecule has 0 fully saturated rings. The number of aromatic hydroxyl groups is 1. The van der Waals surface area contributed by atoms with Gasteiger partial charge in [0.25, 0.3) is 0 Å². The molecule has 0 saturated heterocycles. The van der Waals surface area contributed by atoms with E-state index in [4.69, 9.17) is 9.97 Å². The van der Waals surface area contributed by atoms with Crippen LogP contribution >= 0.6 is 0 Å². The van der Waals surface area contributed by atoms with Crippen LogP contribution in [0, 0.1) is 6.07 Å². The third kappa shape index (κ3) is 6.95. The Balaban J connectivity index is 0.00000243. The van der Waals surface area contributed by atoms with Crippen molar-refractivity contribution in [3.63, 3.8) is 0 Å². The maximum absolute atomic E-state index is 12.0. The Morgan fingerprint density at radius 1 is 0.640 bits per heavy atom. The zero-order valence-electron chi connectivity index (χ0n) is 28.7. The number of phenolic OH excluding ortho intramolecular Hbond substituents is 1. The van der Waals surface area contributed by atoms with Gasteiger partial charge >= 0.3 is 0 Å². The van der Waals surface area contributed by atoms with E-state index in [1.165, 1.54) is 0 Å². The summed E-state index contributed by atoms with van der Waals surface area (Å²) in [6.07, 6.45) is 1.86. The summed E-state index contributed by atoms with van der Waals surface area (Å²) in [5.41, 5.74) is 11.1. The maximum atomic E-state index is 12.0. The van der Waals surface area contributed by atoms with E-state index in [1.807, 2.05) is 36.5 Å². The summed E-state index contributed by atoms with van der Waals surface area (Å²) in [4.78, 5) is 10.1. The van der Waals surface area contributed by atoms with Crippen molar-refractivity contribution in [2.75, 3.05) is 0 Å². The second-order valence-electron chi connectivity index (χ2n) is 14.5. The third-order valence-electron chi connectivity index (χ3n) is 8.95. The number of hydrogen-bond donors (Lipinski definition) is 1. The molecule has 0 unspecified atom stereocenters. The fourth-order valence-electron chi connectivity index (χ4n) is 6.31. The van der Waals surface area contributed by atoms with Gasteiger partial charge in [-0.1, -0.05) is 133 Å². The summed E-state index contributed by atoms with van der Waals surface area (Å²) in [6, 6.07) is 45.2. The van der Waals surface area contributed by atoms with Crippen LogP contribution in [0.3, 0.4) is 0 Å². The van der Waals surface area contributed by atoms with Gasteiger partial charge in [-0.25, -0.2) is 4.98 Å². The summed E-state index contributed by atoms with van der Waals surface area (Å²) in [5.74, 6) is 0.966. The second-order valence-corrected chi connectivity index (χ2v) is 14.5. The number of imidazole rings is 1. The van der Waals surface area contributed by atoms with Crippen LogP contribution in [-0.4, -0.2) is 19.6 Å². The molecule has 7 rings (SSSR count). The van der Waals surface area contributed by atoms with E-state index in [9.17, 15) is 5.11 Å². The molecule has 0 amide bonds. The molecule has 4 nitrogen and oxygen atoms in total. The predicted octanol–water partition coefficient (Wildman–Crippen LogP) is 11.8. The monoisotopic (exact) mass is 837 g/mol. The maximum Gasteiger partial charge on any atom is 0.148 e. The van der Waals surface area contributed by atoms with Gasteiger partial charge in [-0.3, -0.25) is 9.55 Å². The minimum absolute atomic E-state index is 0. The summed E-state index contributed by atoms with van der Waals surface area (Å²) in [5, 5.41) is 12.0. The van der Waals surface area contributed by atoms with E-state index < -0.39 is 0 Å². The van der Waals surface area contributed by atoms with E-state index in [-0.39, 0.29) is 45.1 Å². The summed E-state index contributed by atoms with van der Waals surface area (Å²) >= 11 is 0. The molecule has 2 heterocycles. The molecule has 0 bridgehead atoms. The Morgan fingerprint density at radius 3 is 1.98 bits per heavy atom. The minimum atomic E-state index is -0.268. The molecule has 0 spiro atoms. The predicted molar refractivity (Wildman–Crippen MR) is 205 cm³/mol. The molecule has 2 aromatic heterocycles. The first-order chi connectivity index (χ1) is 23.0. The number of rotatable bonds is 5. The van der Waals surface area contributed by atoms with E-state index in [0.29, 0.717) is 5.82 Å². The SMILES string of the molecule is C.CC(C)(C)c1cc(-c2nc3c(-c4[c-]c(-c5cc(-c6ccccc6)ccn5)ccc4)cccc3n2-c2ccccc2)c(O)c(C(C)(C)C)c1.[Pt]. The number of para-hydroxylation sites is 2. The molecule has 0 aliphatic heterocycles. The van der Waals surface area contributed by atoms with Gasteiger partial charge in [-0.05, 0) is 57.9 Å². The molecular weight excluding hydrogens is 794 g/mol. The largest absolute Gasteiger partial charge is 0.507 e. The van der Waals surface area contributed by atoms with Crippen molar-refractivity contribution in [1.29, 1.82) is 0 Å². The van der Waals surface area contributed by atoms with Crippen molar-refractivity contribution in [2.24, 2.45) is 0 Å². The van der Waals surface area contributed by atoms with Gasteiger partial charge in [-0.15, -0.1) is 29.8 Å². The van der Waals surface area contributed by atoms with E-state index in [1.54, 1.807) is 0 Å². The van der Waals surface area contributed by atoms with Gasteiger partial charge in [0.15, 0.2) is 0 Å². The molecule has 5 heteroatoms. The average molecular weight is 838 g/mol. The van der Waals surface area contributed by atoms with Gasteiger partial charge < -0.3 is 5.11 Å². The zero-order chi connectivity index (χ0) is 33.6. The van der Waals surface area contributed by atoms with Crippen molar-refractivity contribution in [3.8, 4) is 56.3 Å². The Bertz CT molecular complexity index is 2260. The molecule has 0 aliphatic rings. The molecule has 0 atom stereocenters. The zero-order valence-corrected chi connectivity index (χ0v) is 31.0. The van der Waals surface area contributed by atoms with Crippen LogP contribution in [0.25, 0.3) is 61.6 Å². The first kappa shape index (κ1) is 36.5. The number of pyridine rings is 1. The number of fused-ring (bicyclic) bond motifs is 1. The Kier molecular flexibility index (Phi) is 10.4. The number of benzene rings is 5. The molecule has 5 aromatic carbocycles. The first-order valence-electron chi connectivity index (χ1n) is 16.5. The third-order valence-corrected chi connectivity index (χ3v) is 8.95. The number of phenols is 1. The number of nitrogens with zero attached hydrogens (tertiary/aromatic N) is 3. The van der Waals surface area contributed by atoms with Crippen molar-refractivity contribution in [3.05, 3.63) is 145 Å². The Labute approximate surface area is 311 Å². The van der Waals surface area contributed by atoms with E-state index in [0.717, 1.165) is 66.9 Å². The van der Waals surface area contributed by atoms with Gasteiger partial charge in [-0.2, -0.15) is 0 Å². The minimum Gasteiger partial charge on any atom is -0.507 e.